The number of nitrogens with one attached hydrogen (secondary N) is 2. The van der Waals surface area contributed by atoms with Crippen LogP contribution in [0.4, 0.5) is 10.6 Å². The number of amides is 1. The fraction of sp³-hybridized carbons (Fsp3) is 0.667. The minimum atomic E-state index is -0.521. The summed E-state index contributed by atoms with van der Waals surface area (Å²) in [6.07, 6.45) is 2.10. The molecule has 1 aromatic rings. The molecule has 6 nitrogen and oxygen atoms in total. The summed E-state index contributed by atoms with van der Waals surface area (Å²) in [6.45, 7) is 10.1. The maximum absolute atomic E-state index is 11.8. The molecule has 1 rings (SSSR count). The van der Waals surface area contributed by atoms with Crippen LogP contribution in [0.5, 0.6) is 0 Å². The van der Waals surface area contributed by atoms with Gasteiger partial charge in [0.05, 0.1) is 4.47 Å². The Morgan fingerprint density at radius 2 is 2.13 bits per heavy atom. The van der Waals surface area contributed by atoms with Crippen LogP contribution >= 0.6 is 27.5 Å². The summed E-state index contributed by atoms with van der Waals surface area (Å²) in [7, 11) is 0. The Balaban J connectivity index is 2.73. The van der Waals surface area contributed by atoms with Crippen molar-refractivity contribution in [1.82, 2.24) is 15.3 Å². The summed E-state index contributed by atoms with van der Waals surface area (Å²) in [5.41, 5.74) is -0.521. The van der Waals surface area contributed by atoms with Crippen LogP contribution in [0.2, 0.25) is 5.28 Å². The third-order valence-electron chi connectivity index (χ3n) is 3.23. The van der Waals surface area contributed by atoms with Crippen LogP contribution < -0.4 is 10.6 Å². The van der Waals surface area contributed by atoms with Crippen molar-refractivity contribution >= 4 is 39.4 Å². The lowest BCUT2D eigenvalue weighted by Gasteiger charge is -2.26. The lowest BCUT2D eigenvalue weighted by atomic mass is 9.99. The molecule has 130 valence electrons. The summed E-state index contributed by atoms with van der Waals surface area (Å²) >= 11 is 9.23. The molecule has 0 radical (unpaired) electrons. The Morgan fingerprint density at radius 3 is 2.70 bits per heavy atom. The van der Waals surface area contributed by atoms with Crippen LogP contribution in [-0.2, 0) is 4.74 Å². The van der Waals surface area contributed by atoms with Crippen molar-refractivity contribution in [3.8, 4) is 0 Å². The minimum Gasteiger partial charge on any atom is -0.444 e. The van der Waals surface area contributed by atoms with E-state index in [0.29, 0.717) is 22.8 Å². The Labute approximate surface area is 150 Å². The molecule has 0 saturated heterocycles. The average molecular weight is 408 g/mol. The molecular weight excluding hydrogens is 384 g/mol. The van der Waals surface area contributed by atoms with Crippen molar-refractivity contribution in [2.75, 3.05) is 11.9 Å². The molecule has 23 heavy (non-hydrogen) atoms. The number of anilines is 1. The first-order chi connectivity index (χ1) is 10.6. The SMILES string of the molecule is CCC(C)[C@H](CNC(=O)OC(C)(C)C)Nc1nc(Cl)ncc1Br. The van der Waals surface area contributed by atoms with Crippen molar-refractivity contribution in [2.45, 2.75) is 52.7 Å². The number of halogens is 2. The van der Waals surface area contributed by atoms with Crippen LogP contribution in [0.3, 0.4) is 0 Å². The fourth-order valence-corrected chi connectivity index (χ4v) is 2.25. The molecular formula is C15H24BrClN4O2. The minimum absolute atomic E-state index is 0.0187. The maximum atomic E-state index is 11.8. The normalized spacial score (nSPS) is 14.0. The number of nitrogens with zero attached hydrogens (tertiary/aromatic N) is 2. The number of hydrogen-bond acceptors (Lipinski definition) is 5. The van der Waals surface area contributed by atoms with Crippen molar-refractivity contribution in [2.24, 2.45) is 5.92 Å². The van der Waals surface area contributed by atoms with Gasteiger partial charge in [0, 0.05) is 18.8 Å². The van der Waals surface area contributed by atoms with Crippen molar-refractivity contribution in [3.05, 3.63) is 16.0 Å². The van der Waals surface area contributed by atoms with Crippen LogP contribution in [0.15, 0.2) is 10.7 Å². The van der Waals surface area contributed by atoms with Crippen LogP contribution in [0.1, 0.15) is 41.0 Å². The van der Waals surface area contributed by atoms with Gasteiger partial charge in [-0.15, -0.1) is 0 Å². The predicted molar refractivity (Wildman–Crippen MR) is 95.8 cm³/mol. The van der Waals surface area contributed by atoms with E-state index in [2.05, 4.69) is 50.4 Å². The molecule has 0 saturated carbocycles. The van der Waals surface area contributed by atoms with Gasteiger partial charge in [-0.25, -0.2) is 9.78 Å². The first-order valence-corrected chi connectivity index (χ1v) is 8.71. The number of carbonyl (C=O) groups is 1. The zero-order valence-corrected chi connectivity index (χ0v) is 16.5. The second-order valence-electron chi connectivity index (χ2n) is 6.35. The van der Waals surface area contributed by atoms with Gasteiger partial charge < -0.3 is 15.4 Å². The Hall–Kier alpha value is -1.08. The van der Waals surface area contributed by atoms with Gasteiger partial charge in [0.2, 0.25) is 5.28 Å². The van der Waals surface area contributed by atoms with E-state index in [1.165, 1.54) is 0 Å². The van der Waals surface area contributed by atoms with Gasteiger partial charge in [-0.3, -0.25) is 0 Å². The number of aromatic nitrogens is 2. The maximum Gasteiger partial charge on any atom is 0.407 e. The molecule has 0 spiro atoms. The van der Waals surface area contributed by atoms with E-state index < -0.39 is 11.7 Å². The molecule has 1 amide bonds. The van der Waals surface area contributed by atoms with Crippen molar-refractivity contribution in [1.29, 1.82) is 0 Å². The molecule has 1 heterocycles. The first kappa shape index (κ1) is 20.0. The highest BCUT2D eigenvalue weighted by atomic mass is 79.9. The van der Waals surface area contributed by atoms with Crippen LogP contribution in [0, 0.1) is 5.92 Å². The lowest BCUT2D eigenvalue weighted by Crippen LogP contribution is -2.42. The topological polar surface area (TPSA) is 76.1 Å². The third kappa shape index (κ3) is 7.35. The van der Waals surface area contributed by atoms with Crippen molar-refractivity contribution < 1.29 is 9.53 Å². The zero-order chi connectivity index (χ0) is 17.6. The Kier molecular flexibility index (Phi) is 7.54. The van der Waals surface area contributed by atoms with E-state index in [9.17, 15) is 4.79 Å². The van der Waals surface area contributed by atoms with E-state index in [1.807, 2.05) is 20.8 Å². The van der Waals surface area contributed by atoms with E-state index >= 15 is 0 Å². The van der Waals surface area contributed by atoms with Crippen LogP contribution in [0.25, 0.3) is 0 Å². The second-order valence-corrected chi connectivity index (χ2v) is 7.55. The van der Waals surface area contributed by atoms with Gasteiger partial charge in [-0.1, -0.05) is 20.3 Å². The molecule has 2 atom stereocenters. The largest absolute Gasteiger partial charge is 0.444 e. The highest BCUT2D eigenvalue weighted by Gasteiger charge is 2.21. The van der Waals surface area contributed by atoms with E-state index in [4.69, 9.17) is 16.3 Å². The highest BCUT2D eigenvalue weighted by Crippen LogP contribution is 2.23. The molecule has 1 aromatic heterocycles. The summed E-state index contributed by atoms with van der Waals surface area (Å²) < 4.78 is 5.98. The number of hydrogen-bond donors (Lipinski definition) is 2. The molecule has 0 aliphatic rings. The molecule has 2 N–H and O–H groups in total. The highest BCUT2D eigenvalue weighted by molar-refractivity contribution is 9.10. The predicted octanol–water partition coefficient (Wildman–Crippen LogP) is 4.24. The summed E-state index contributed by atoms with van der Waals surface area (Å²) in [6, 6.07) is -0.0187. The fourth-order valence-electron chi connectivity index (χ4n) is 1.81. The number of alkyl carbamates (subject to hydrolysis) is 1. The van der Waals surface area contributed by atoms with Gasteiger partial charge in [0.15, 0.2) is 0 Å². The number of rotatable bonds is 6. The van der Waals surface area contributed by atoms with Gasteiger partial charge >= 0.3 is 6.09 Å². The molecule has 0 aliphatic heterocycles. The molecule has 8 heteroatoms. The number of carbonyl (C=O) groups excluding carboxylic acids is 1. The monoisotopic (exact) mass is 406 g/mol. The molecule has 0 aromatic carbocycles. The third-order valence-corrected chi connectivity index (χ3v) is 4.00. The smallest absolute Gasteiger partial charge is 0.407 e. The molecule has 0 bridgehead atoms. The molecule has 1 unspecified atom stereocenters. The summed E-state index contributed by atoms with van der Waals surface area (Å²) in [5.74, 6) is 0.909. The van der Waals surface area contributed by atoms with Crippen molar-refractivity contribution in [3.63, 3.8) is 0 Å². The number of ether oxygens (including phenoxy) is 1. The van der Waals surface area contributed by atoms with Crippen LogP contribution in [-0.4, -0.2) is 34.2 Å². The molecule has 0 aliphatic carbocycles. The Morgan fingerprint density at radius 1 is 1.48 bits per heavy atom. The zero-order valence-electron chi connectivity index (χ0n) is 14.1. The standard InChI is InChI=1S/C15H24BrClN4O2/c1-6-9(2)11(8-19-14(22)23-15(3,4)5)20-12-10(16)7-18-13(17)21-12/h7,9,11H,6,8H2,1-5H3,(H,19,22)(H,18,20,21)/t9?,11-/m0/s1. The lowest BCUT2D eigenvalue weighted by molar-refractivity contribution is 0.0523. The Bertz CT molecular complexity index is 537. The summed E-state index contributed by atoms with van der Waals surface area (Å²) in [4.78, 5) is 19.9. The van der Waals surface area contributed by atoms with E-state index in [1.54, 1.807) is 6.20 Å². The van der Waals surface area contributed by atoms with Gasteiger partial charge in [-0.05, 0) is 54.2 Å². The van der Waals surface area contributed by atoms with Gasteiger partial charge in [-0.2, -0.15) is 4.98 Å². The van der Waals surface area contributed by atoms with E-state index in [0.717, 1.165) is 6.42 Å². The second kappa shape index (κ2) is 8.68. The average Bonchev–Trinajstić information content (AvgIpc) is 2.44. The summed E-state index contributed by atoms with van der Waals surface area (Å²) in [5, 5.41) is 6.26. The van der Waals surface area contributed by atoms with Gasteiger partial charge in [0.1, 0.15) is 11.4 Å². The quantitative estimate of drug-likeness (QED) is 0.690. The first-order valence-electron chi connectivity index (χ1n) is 7.53. The van der Waals surface area contributed by atoms with Gasteiger partial charge in [0.25, 0.3) is 0 Å². The van der Waals surface area contributed by atoms with E-state index in [-0.39, 0.29) is 11.3 Å². The molecule has 0 fully saturated rings.